The summed E-state index contributed by atoms with van der Waals surface area (Å²) in [6.45, 7) is 3.34. The van der Waals surface area contributed by atoms with Crippen molar-refractivity contribution < 1.29 is 14.7 Å². The molecule has 1 amide bonds. The molecule has 0 fully saturated rings. The van der Waals surface area contributed by atoms with Crippen LogP contribution in [-0.2, 0) is 24.3 Å². The van der Waals surface area contributed by atoms with Crippen LogP contribution in [-0.4, -0.2) is 33.4 Å². The number of carbonyl (C=O) groups excluding carboxylic acids is 1. The number of aromatic amines is 1. The largest absolute Gasteiger partial charge is 0.478 e. The van der Waals surface area contributed by atoms with E-state index in [0.717, 1.165) is 34.5 Å². The van der Waals surface area contributed by atoms with E-state index >= 15 is 0 Å². The summed E-state index contributed by atoms with van der Waals surface area (Å²) in [4.78, 5) is 30.1. The molecule has 0 spiro atoms. The number of aromatic carboxylic acids is 1. The van der Waals surface area contributed by atoms with Gasteiger partial charge in [0, 0.05) is 29.1 Å². The first-order valence-corrected chi connectivity index (χ1v) is 11.6. The first-order chi connectivity index (χ1) is 15.8. The number of aryl methyl sites for hydroxylation is 1. The van der Waals surface area contributed by atoms with Crippen LogP contribution < -0.4 is 5.73 Å². The molecule has 6 nitrogen and oxygen atoms in total. The Kier molecular flexibility index (Phi) is 6.79. The molecule has 0 aliphatic carbocycles. The van der Waals surface area contributed by atoms with E-state index in [1.54, 1.807) is 24.3 Å². The fraction of sp³-hybridized carbons (Fsp3) is 0.280. The van der Waals surface area contributed by atoms with E-state index in [4.69, 9.17) is 28.9 Å². The molecule has 0 radical (unpaired) electrons. The van der Waals surface area contributed by atoms with Crippen LogP contribution in [0.4, 0.5) is 0 Å². The van der Waals surface area contributed by atoms with Crippen molar-refractivity contribution in [1.82, 2.24) is 9.88 Å². The molecule has 0 bridgehead atoms. The highest BCUT2D eigenvalue weighted by molar-refractivity contribution is 6.42. The lowest BCUT2D eigenvalue weighted by Crippen LogP contribution is -2.32. The summed E-state index contributed by atoms with van der Waals surface area (Å²) < 4.78 is 0. The van der Waals surface area contributed by atoms with E-state index in [9.17, 15) is 14.7 Å². The van der Waals surface area contributed by atoms with E-state index in [1.807, 2.05) is 23.1 Å². The van der Waals surface area contributed by atoms with Crippen LogP contribution in [0.15, 0.2) is 42.5 Å². The number of fused-ring (bicyclic) bond motifs is 1. The smallest absolute Gasteiger partial charge is 0.335 e. The molecule has 4 rings (SSSR count). The van der Waals surface area contributed by atoms with E-state index in [0.29, 0.717) is 41.7 Å². The molecule has 33 heavy (non-hydrogen) atoms. The fourth-order valence-corrected chi connectivity index (χ4v) is 4.98. The maximum Gasteiger partial charge on any atom is 0.335 e. The van der Waals surface area contributed by atoms with Gasteiger partial charge in [-0.25, -0.2) is 4.79 Å². The van der Waals surface area contributed by atoms with Crippen molar-refractivity contribution in [2.75, 3.05) is 6.54 Å². The van der Waals surface area contributed by atoms with Crippen LogP contribution >= 0.6 is 23.2 Å². The van der Waals surface area contributed by atoms with Gasteiger partial charge in [0.15, 0.2) is 0 Å². The zero-order valence-electron chi connectivity index (χ0n) is 18.2. The predicted molar refractivity (Wildman–Crippen MR) is 130 cm³/mol. The number of nitrogens with one attached hydrogen (secondary N) is 1. The second kappa shape index (κ2) is 9.59. The van der Waals surface area contributed by atoms with E-state index in [1.165, 1.54) is 0 Å². The monoisotopic (exact) mass is 485 g/mol. The number of nitrogens with zero attached hydrogens (tertiary/aromatic N) is 1. The van der Waals surface area contributed by atoms with Crippen LogP contribution in [0.3, 0.4) is 0 Å². The van der Waals surface area contributed by atoms with Crippen molar-refractivity contribution in [1.29, 1.82) is 0 Å². The molecule has 1 aliphatic heterocycles. The molecule has 1 unspecified atom stereocenters. The van der Waals surface area contributed by atoms with Crippen LogP contribution in [0.5, 0.6) is 0 Å². The lowest BCUT2D eigenvalue weighted by molar-refractivity contribution is -0.133. The first-order valence-electron chi connectivity index (χ1n) is 10.8. The Bertz CT molecular complexity index is 1200. The number of nitrogens with two attached hydrogens (primary N) is 1. The van der Waals surface area contributed by atoms with E-state index < -0.39 is 11.9 Å². The Morgan fingerprint density at radius 2 is 1.88 bits per heavy atom. The number of hydrogen-bond acceptors (Lipinski definition) is 3. The van der Waals surface area contributed by atoms with Gasteiger partial charge in [-0.05, 0) is 48.7 Å². The molecule has 8 heteroatoms. The molecule has 4 N–H and O–H groups in total. The maximum atomic E-state index is 13.6. The minimum atomic E-state index is -0.959. The minimum absolute atomic E-state index is 0.0422. The maximum absolute atomic E-state index is 13.6. The van der Waals surface area contributed by atoms with Crippen molar-refractivity contribution in [2.24, 2.45) is 5.73 Å². The molecule has 172 valence electrons. The average Bonchev–Trinajstić information content (AvgIpc) is 3.37. The van der Waals surface area contributed by atoms with Gasteiger partial charge in [-0.1, -0.05) is 54.4 Å². The lowest BCUT2D eigenvalue weighted by atomic mass is 9.94. The van der Waals surface area contributed by atoms with Crippen LogP contribution in [0, 0.1) is 0 Å². The van der Waals surface area contributed by atoms with Crippen molar-refractivity contribution in [3.8, 4) is 11.1 Å². The number of H-pyrrole nitrogens is 1. The van der Waals surface area contributed by atoms with Gasteiger partial charge in [0.1, 0.15) is 0 Å². The van der Waals surface area contributed by atoms with E-state index in [2.05, 4.69) is 11.9 Å². The van der Waals surface area contributed by atoms with Gasteiger partial charge >= 0.3 is 5.97 Å². The van der Waals surface area contributed by atoms with Crippen LogP contribution in [0.2, 0.25) is 10.0 Å². The third-order valence-electron chi connectivity index (χ3n) is 6.16. The van der Waals surface area contributed by atoms with Gasteiger partial charge in [0.2, 0.25) is 5.91 Å². The summed E-state index contributed by atoms with van der Waals surface area (Å²) in [6, 6.07) is 12.2. The highest BCUT2D eigenvalue weighted by atomic mass is 35.5. The molecule has 1 aliphatic rings. The summed E-state index contributed by atoms with van der Waals surface area (Å²) in [7, 11) is 0. The molecular formula is C25H25Cl2N3O3. The molecule has 1 aromatic heterocycles. The molecule has 2 heterocycles. The Labute approximate surface area is 202 Å². The highest BCUT2D eigenvalue weighted by Crippen LogP contribution is 2.39. The van der Waals surface area contributed by atoms with Gasteiger partial charge in [-0.2, -0.15) is 0 Å². The third-order valence-corrected chi connectivity index (χ3v) is 7.00. The molecule has 1 atom stereocenters. The lowest BCUT2D eigenvalue weighted by Gasteiger charge is -2.24. The number of carbonyl (C=O) groups is 2. The van der Waals surface area contributed by atoms with Gasteiger partial charge in [0.25, 0.3) is 0 Å². The second-order valence-corrected chi connectivity index (χ2v) is 8.92. The highest BCUT2D eigenvalue weighted by Gasteiger charge is 2.34. The Balaban J connectivity index is 1.65. The van der Waals surface area contributed by atoms with Gasteiger partial charge in [-0.15, -0.1) is 0 Å². The Morgan fingerprint density at radius 3 is 2.52 bits per heavy atom. The van der Waals surface area contributed by atoms with Crippen molar-refractivity contribution in [2.45, 2.75) is 38.8 Å². The number of carboxylic acids is 1. The topological polar surface area (TPSA) is 99.4 Å². The minimum Gasteiger partial charge on any atom is -0.478 e. The third kappa shape index (κ3) is 4.38. The fourth-order valence-electron chi connectivity index (χ4n) is 4.54. The summed E-state index contributed by atoms with van der Waals surface area (Å²) in [5.41, 5.74) is 11.9. The van der Waals surface area contributed by atoms with Gasteiger partial charge in [-0.3, -0.25) is 4.79 Å². The zero-order valence-corrected chi connectivity index (χ0v) is 19.7. The molecule has 3 aromatic rings. The van der Waals surface area contributed by atoms with Crippen molar-refractivity contribution >= 4 is 35.1 Å². The summed E-state index contributed by atoms with van der Waals surface area (Å²) in [5, 5.41) is 10.0. The van der Waals surface area contributed by atoms with Gasteiger partial charge in [0.05, 0.1) is 28.1 Å². The number of hydrogen-bond donors (Lipinski definition) is 3. The number of rotatable bonds is 7. The normalized spacial score (nSPS) is 13.8. The Hall–Kier alpha value is -2.80. The number of amides is 1. The molecule has 0 saturated carbocycles. The summed E-state index contributed by atoms with van der Waals surface area (Å²) in [5.74, 6) is -1.48. The zero-order chi connectivity index (χ0) is 23.7. The standard InChI is InChI=1S/C25H25Cl2N3O3/c1-2-20-22(14-6-8-15(9-7-14)25(32)33)18-12-30(13-21(18)29-20)24(31)17(10-11-28)16-4-3-5-19(26)23(16)27/h3-9,17,29H,2,10-13,28H2,1H3,(H,32,33). The molecule has 0 saturated heterocycles. The van der Waals surface area contributed by atoms with Gasteiger partial charge < -0.3 is 20.7 Å². The first kappa shape index (κ1) is 23.4. The van der Waals surface area contributed by atoms with Crippen LogP contribution in [0.25, 0.3) is 11.1 Å². The number of halogens is 2. The van der Waals surface area contributed by atoms with Crippen molar-refractivity contribution in [3.63, 3.8) is 0 Å². The quantitative estimate of drug-likeness (QED) is 0.426. The van der Waals surface area contributed by atoms with Crippen molar-refractivity contribution in [3.05, 3.63) is 80.6 Å². The molecule has 2 aromatic carbocycles. The molecular weight excluding hydrogens is 461 g/mol. The second-order valence-electron chi connectivity index (χ2n) is 8.14. The Morgan fingerprint density at radius 1 is 1.15 bits per heavy atom. The summed E-state index contributed by atoms with van der Waals surface area (Å²) in [6.07, 6.45) is 1.26. The van der Waals surface area contributed by atoms with E-state index in [-0.39, 0.29) is 11.5 Å². The number of benzene rings is 2. The number of carboxylic acid groups (broad SMARTS) is 1. The average molecular weight is 486 g/mol. The summed E-state index contributed by atoms with van der Waals surface area (Å²) >= 11 is 12.6. The predicted octanol–water partition coefficient (Wildman–Crippen LogP) is 5.22. The number of aromatic nitrogens is 1. The van der Waals surface area contributed by atoms with Crippen LogP contribution in [0.1, 0.15) is 52.1 Å². The SMILES string of the molecule is CCc1[nH]c2c(c1-c1ccc(C(=O)O)cc1)CN(C(=O)C(CCN)c1cccc(Cl)c1Cl)C2.